The third kappa shape index (κ3) is 2.25. The Balaban J connectivity index is 2.01. The van der Waals surface area contributed by atoms with Gasteiger partial charge in [0.05, 0.1) is 0 Å². The van der Waals surface area contributed by atoms with E-state index in [-0.39, 0.29) is 6.04 Å². The predicted octanol–water partition coefficient (Wildman–Crippen LogP) is 1.95. The first kappa shape index (κ1) is 11.1. The highest BCUT2D eigenvalue weighted by Crippen LogP contribution is 2.27. The zero-order chi connectivity index (χ0) is 11.5. The van der Waals surface area contributed by atoms with Gasteiger partial charge in [0, 0.05) is 6.54 Å². The van der Waals surface area contributed by atoms with Crippen molar-refractivity contribution in [2.45, 2.75) is 25.3 Å². The maximum absolute atomic E-state index is 10.9. The van der Waals surface area contributed by atoms with Crippen LogP contribution in [0.1, 0.15) is 24.8 Å². The van der Waals surface area contributed by atoms with Crippen molar-refractivity contribution >= 4 is 5.97 Å². The number of carboxylic acids is 1. The summed E-state index contributed by atoms with van der Waals surface area (Å²) >= 11 is 0. The lowest BCUT2D eigenvalue weighted by Gasteiger charge is -2.20. The maximum atomic E-state index is 10.9. The summed E-state index contributed by atoms with van der Waals surface area (Å²) in [5.74, 6) is -0.239. The highest BCUT2D eigenvalue weighted by atomic mass is 16.4. The van der Waals surface area contributed by atoms with Gasteiger partial charge < -0.3 is 5.11 Å². The molecule has 1 fully saturated rings. The van der Waals surface area contributed by atoms with Crippen molar-refractivity contribution < 1.29 is 9.90 Å². The summed E-state index contributed by atoms with van der Waals surface area (Å²) in [5, 5.41) is 8.96. The van der Waals surface area contributed by atoms with E-state index in [0.717, 1.165) is 19.5 Å². The third-order valence-corrected chi connectivity index (χ3v) is 3.40. The molecule has 86 valence electrons. The van der Waals surface area contributed by atoms with Gasteiger partial charge in [0.25, 0.3) is 0 Å². The molecule has 2 atom stereocenters. The van der Waals surface area contributed by atoms with Crippen LogP contribution < -0.4 is 0 Å². The van der Waals surface area contributed by atoms with Crippen molar-refractivity contribution in [3.8, 4) is 0 Å². The molecule has 1 aliphatic heterocycles. The second-order valence-corrected chi connectivity index (χ2v) is 4.41. The van der Waals surface area contributed by atoms with Crippen LogP contribution in [0, 0.1) is 0 Å². The Morgan fingerprint density at radius 3 is 2.75 bits per heavy atom. The van der Waals surface area contributed by atoms with Crippen LogP contribution in [0.2, 0.25) is 0 Å². The topological polar surface area (TPSA) is 40.5 Å². The summed E-state index contributed by atoms with van der Waals surface area (Å²) < 4.78 is 0. The van der Waals surface area contributed by atoms with Crippen LogP contribution in [0.5, 0.6) is 0 Å². The minimum Gasteiger partial charge on any atom is -0.480 e. The van der Waals surface area contributed by atoms with Crippen molar-refractivity contribution in [1.82, 2.24) is 4.90 Å². The summed E-state index contributed by atoms with van der Waals surface area (Å²) in [6.07, 6.45) is 1.06. The molecular formula is C13H17NO2. The molecule has 1 aliphatic rings. The van der Waals surface area contributed by atoms with Crippen LogP contribution in [0.15, 0.2) is 30.3 Å². The molecule has 1 saturated heterocycles. The van der Waals surface area contributed by atoms with Gasteiger partial charge in [-0.05, 0) is 31.4 Å². The predicted molar refractivity (Wildman–Crippen MR) is 62.5 cm³/mol. The highest BCUT2D eigenvalue weighted by Gasteiger charge is 2.29. The summed E-state index contributed by atoms with van der Waals surface area (Å²) in [6.45, 7) is 3.50. The number of carboxylic acid groups (broad SMARTS) is 1. The summed E-state index contributed by atoms with van der Waals surface area (Å²) in [5.41, 5.74) is 1.32. The lowest BCUT2D eigenvalue weighted by atomic mass is 9.99. The van der Waals surface area contributed by atoms with E-state index in [1.54, 1.807) is 6.92 Å². The fourth-order valence-corrected chi connectivity index (χ4v) is 2.29. The number of nitrogens with zero attached hydrogens (tertiary/aromatic N) is 1. The molecule has 2 unspecified atom stereocenters. The molecule has 1 aromatic carbocycles. The van der Waals surface area contributed by atoms with Gasteiger partial charge in [-0.3, -0.25) is 9.69 Å². The molecule has 2 rings (SSSR count). The summed E-state index contributed by atoms with van der Waals surface area (Å²) in [6, 6.07) is 9.97. The summed E-state index contributed by atoms with van der Waals surface area (Å²) in [7, 11) is 0. The number of hydrogen-bond donors (Lipinski definition) is 1. The Labute approximate surface area is 95.7 Å². The molecule has 1 aromatic rings. The smallest absolute Gasteiger partial charge is 0.320 e. The van der Waals surface area contributed by atoms with Crippen molar-refractivity contribution in [3.05, 3.63) is 35.9 Å². The molecule has 16 heavy (non-hydrogen) atoms. The second kappa shape index (κ2) is 4.66. The van der Waals surface area contributed by atoms with E-state index in [9.17, 15) is 4.79 Å². The first-order valence-electron chi connectivity index (χ1n) is 5.70. The molecule has 0 aliphatic carbocycles. The number of aliphatic carboxylic acids is 1. The van der Waals surface area contributed by atoms with Crippen LogP contribution in [0.3, 0.4) is 0 Å². The van der Waals surface area contributed by atoms with E-state index in [2.05, 4.69) is 12.1 Å². The van der Waals surface area contributed by atoms with Gasteiger partial charge in [0.2, 0.25) is 0 Å². The molecule has 0 spiro atoms. The quantitative estimate of drug-likeness (QED) is 0.844. The third-order valence-electron chi connectivity index (χ3n) is 3.40. The van der Waals surface area contributed by atoms with E-state index in [4.69, 9.17) is 5.11 Å². The Kier molecular flexibility index (Phi) is 3.25. The second-order valence-electron chi connectivity index (χ2n) is 4.41. The molecule has 3 heteroatoms. The van der Waals surface area contributed by atoms with Crippen molar-refractivity contribution in [3.63, 3.8) is 0 Å². The van der Waals surface area contributed by atoms with Gasteiger partial charge in [-0.25, -0.2) is 0 Å². The van der Waals surface area contributed by atoms with Crippen molar-refractivity contribution in [1.29, 1.82) is 0 Å². The standard InChI is InChI=1S/C13H17NO2/c1-10(13(15)16)14-8-7-12(9-14)11-5-3-2-4-6-11/h2-6,10,12H,7-9H2,1H3,(H,15,16). The first-order chi connectivity index (χ1) is 7.68. The number of carbonyl (C=O) groups is 1. The zero-order valence-electron chi connectivity index (χ0n) is 9.47. The number of benzene rings is 1. The van der Waals surface area contributed by atoms with Gasteiger partial charge >= 0.3 is 5.97 Å². The minimum absolute atomic E-state index is 0.367. The Bertz CT molecular complexity index is 363. The monoisotopic (exact) mass is 219 g/mol. The van der Waals surface area contributed by atoms with Crippen LogP contribution in [-0.2, 0) is 4.79 Å². The van der Waals surface area contributed by atoms with Crippen molar-refractivity contribution in [2.75, 3.05) is 13.1 Å². The van der Waals surface area contributed by atoms with Crippen LogP contribution >= 0.6 is 0 Å². The lowest BCUT2D eigenvalue weighted by Crippen LogP contribution is -2.37. The molecule has 0 radical (unpaired) electrons. The van der Waals surface area contributed by atoms with Gasteiger partial charge in [0.1, 0.15) is 6.04 Å². The average Bonchev–Trinajstić information content (AvgIpc) is 2.78. The van der Waals surface area contributed by atoms with E-state index >= 15 is 0 Å². The minimum atomic E-state index is -0.728. The molecule has 0 aromatic heterocycles. The van der Waals surface area contributed by atoms with E-state index < -0.39 is 5.97 Å². The van der Waals surface area contributed by atoms with Crippen LogP contribution in [-0.4, -0.2) is 35.1 Å². The molecule has 0 saturated carbocycles. The van der Waals surface area contributed by atoms with E-state index in [1.807, 2.05) is 23.1 Å². The van der Waals surface area contributed by atoms with Crippen molar-refractivity contribution in [2.24, 2.45) is 0 Å². The SMILES string of the molecule is CC(C(=O)O)N1CCC(c2ccccc2)C1. The first-order valence-corrected chi connectivity index (χ1v) is 5.70. The fourth-order valence-electron chi connectivity index (χ4n) is 2.29. The average molecular weight is 219 g/mol. The molecule has 1 N–H and O–H groups in total. The van der Waals surface area contributed by atoms with E-state index in [0.29, 0.717) is 5.92 Å². The maximum Gasteiger partial charge on any atom is 0.320 e. The molecule has 0 amide bonds. The number of hydrogen-bond acceptors (Lipinski definition) is 2. The molecule has 3 nitrogen and oxygen atoms in total. The van der Waals surface area contributed by atoms with Gasteiger partial charge in [0.15, 0.2) is 0 Å². The lowest BCUT2D eigenvalue weighted by molar-refractivity contribution is -0.142. The normalized spacial score (nSPS) is 23.2. The Morgan fingerprint density at radius 2 is 2.12 bits per heavy atom. The van der Waals surface area contributed by atoms with Gasteiger partial charge in [-0.15, -0.1) is 0 Å². The molecule has 1 heterocycles. The van der Waals surface area contributed by atoms with E-state index in [1.165, 1.54) is 5.56 Å². The molecule has 0 bridgehead atoms. The number of likely N-dealkylation sites (tertiary alicyclic amines) is 1. The van der Waals surface area contributed by atoms with Gasteiger partial charge in [-0.1, -0.05) is 30.3 Å². The van der Waals surface area contributed by atoms with Crippen LogP contribution in [0.25, 0.3) is 0 Å². The van der Waals surface area contributed by atoms with Crippen LogP contribution in [0.4, 0.5) is 0 Å². The summed E-state index contributed by atoms with van der Waals surface area (Å²) in [4.78, 5) is 12.9. The fraction of sp³-hybridized carbons (Fsp3) is 0.462. The van der Waals surface area contributed by atoms with Gasteiger partial charge in [-0.2, -0.15) is 0 Å². The number of rotatable bonds is 3. The largest absolute Gasteiger partial charge is 0.480 e. The Morgan fingerprint density at radius 1 is 1.44 bits per heavy atom. The highest BCUT2D eigenvalue weighted by molar-refractivity contribution is 5.72. The Hall–Kier alpha value is -1.35. The zero-order valence-corrected chi connectivity index (χ0v) is 9.47. The molecular weight excluding hydrogens is 202 g/mol.